The van der Waals surface area contributed by atoms with Gasteiger partial charge in [0, 0.05) is 6.07 Å². The summed E-state index contributed by atoms with van der Waals surface area (Å²) < 4.78 is 4.96. The van der Waals surface area contributed by atoms with E-state index in [1.165, 1.54) is 0 Å². The molecular formula is C11H9ClN2O2. The summed E-state index contributed by atoms with van der Waals surface area (Å²) in [6.07, 6.45) is 0.147. The summed E-state index contributed by atoms with van der Waals surface area (Å²) in [6.45, 7) is 1.80. The highest BCUT2D eigenvalue weighted by atomic mass is 35.5. The first-order valence-corrected chi connectivity index (χ1v) is 5.11. The number of ketones is 1. The highest BCUT2D eigenvalue weighted by molar-refractivity contribution is 6.29. The largest absolute Gasteiger partial charge is 0.361 e. The first-order chi connectivity index (χ1) is 7.65. The molecule has 0 aliphatic carbocycles. The minimum Gasteiger partial charge on any atom is -0.361 e. The molecule has 16 heavy (non-hydrogen) atoms. The van der Waals surface area contributed by atoms with Gasteiger partial charge < -0.3 is 4.52 Å². The van der Waals surface area contributed by atoms with Crippen LogP contribution < -0.4 is 0 Å². The van der Waals surface area contributed by atoms with Gasteiger partial charge in [-0.15, -0.1) is 0 Å². The average molecular weight is 237 g/mol. The second-order valence-electron chi connectivity index (χ2n) is 3.38. The number of pyridine rings is 1. The Morgan fingerprint density at radius 2 is 2.31 bits per heavy atom. The molecule has 0 amide bonds. The van der Waals surface area contributed by atoms with E-state index < -0.39 is 0 Å². The minimum absolute atomic E-state index is 0.140. The zero-order valence-electron chi connectivity index (χ0n) is 8.61. The first kappa shape index (κ1) is 10.8. The molecule has 2 rings (SSSR count). The Balaban J connectivity index is 2.14. The van der Waals surface area contributed by atoms with E-state index in [0.717, 1.165) is 5.69 Å². The van der Waals surface area contributed by atoms with E-state index in [4.69, 9.17) is 16.1 Å². The fourth-order valence-corrected chi connectivity index (χ4v) is 1.48. The zero-order chi connectivity index (χ0) is 11.5. The molecule has 0 atom stereocenters. The van der Waals surface area contributed by atoms with Crippen molar-refractivity contribution in [3.8, 4) is 0 Å². The number of nitrogens with zero attached hydrogens (tertiary/aromatic N) is 2. The van der Waals surface area contributed by atoms with Gasteiger partial charge in [0.15, 0.2) is 5.78 Å². The topological polar surface area (TPSA) is 56.0 Å². The van der Waals surface area contributed by atoms with Crippen LogP contribution in [0.3, 0.4) is 0 Å². The van der Waals surface area contributed by atoms with Crippen LogP contribution in [0.2, 0.25) is 5.15 Å². The van der Waals surface area contributed by atoms with Crippen LogP contribution in [0, 0.1) is 6.92 Å². The first-order valence-electron chi connectivity index (χ1n) is 4.73. The molecule has 2 aromatic rings. The summed E-state index contributed by atoms with van der Waals surface area (Å²) >= 11 is 5.70. The Bertz CT molecular complexity index is 522. The van der Waals surface area contributed by atoms with E-state index in [0.29, 0.717) is 16.6 Å². The second-order valence-corrected chi connectivity index (χ2v) is 3.77. The summed E-state index contributed by atoms with van der Waals surface area (Å²) in [7, 11) is 0. The van der Waals surface area contributed by atoms with Crippen LogP contribution in [0.15, 0.2) is 28.8 Å². The molecule has 2 aromatic heterocycles. The van der Waals surface area contributed by atoms with Crippen LogP contribution in [0.5, 0.6) is 0 Å². The monoisotopic (exact) mass is 236 g/mol. The number of halogens is 1. The number of rotatable bonds is 3. The Morgan fingerprint density at radius 3 is 2.94 bits per heavy atom. The second kappa shape index (κ2) is 4.45. The van der Waals surface area contributed by atoms with E-state index >= 15 is 0 Å². The van der Waals surface area contributed by atoms with Gasteiger partial charge in [0.1, 0.15) is 16.6 Å². The molecular weight excluding hydrogens is 228 g/mol. The van der Waals surface area contributed by atoms with Gasteiger partial charge in [-0.05, 0) is 19.1 Å². The molecule has 82 valence electrons. The maximum atomic E-state index is 11.8. The highest BCUT2D eigenvalue weighted by Crippen LogP contribution is 2.10. The number of carbonyl (C=O) groups is 1. The fraction of sp³-hybridized carbons (Fsp3) is 0.182. The molecule has 0 spiro atoms. The smallest absolute Gasteiger partial charge is 0.188 e. The maximum absolute atomic E-state index is 11.8. The lowest BCUT2D eigenvalue weighted by atomic mass is 10.1. The third-order valence-electron chi connectivity index (χ3n) is 2.01. The van der Waals surface area contributed by atoms with E-state index in [-0.39, 0.29) is 12.2 Å². The molecule has 0 radical (unpaired) electrons. The molecule has 0 fully saturated rings. The summed E-state index contributed by atoms with van der Waals surface area (Å²) in [6, 6.07) is 6.66. The van der Waals surface area contributed by atoms with Crippen molar-refractivity contribution >= 4 is 17.4 Å². The lowest BCUT2D eigenvalue weighted by molar-refractivity contribution is 0.0980. The molecule has 4 nitrogen and oxygen atoms in total. The third kappa shape index (κ3) is 2.46. The molecule has 0 saturated carbocycles. The number of hydrogen-bond donors (Lipinski definition) is 0. The van der Waals surface area contributed by atoms with Crippen molar-refractivity contribution in [1.82, 2.24) is 10.1 Å². The van der Waals surface area contributed by atoms with Gasteiger partial charge in [-0.2, -0.15) is 0 Å². The molecule has 0 unspecified atom stereocenters. The maximum Gasteiger partial charge on any atom is 0.188 e. The highest BCUT2D eigenvalue weighted by Gasteiger charge is 2.11. The number of carbonyl (C=O) groups excluding carboxylic acids is 1. The van der Waals surface area contributed by atoms with Gasteiger partial charge in [-0.1, -0.05) is 22.8 Å². The number of aryl methyl sites for hydroxylation is 1. The Labute approximate surface area is 97.2 Å². The Kier molecular flexibility index (Phi) is 3.01. The molecule has 0 saturated heterocycles. The zero-order valence-corrected chi connectivity index (χ0v) is 9.36. The minimum atomic E-state index is -0.140. The standard InChI is InChI=1S/C11H9ClN2O2/c1-7-5-8(16-14-7)6-10(15)9-3-2-4-11(12)13-9/h2-5H,6H2,1H3. The van der Waals surface area contributed by atoms with Crippen LogP contribution in [0.1, 0.15) is 21.9 Å². The normalized spacial score (nSPS) is 10.4. The van der Waals surface area contributed by atoms with Crippen LogP contribution >= 0.6 is 11.6 Å². The van der Waals surface area contributed by atoms with Crippen LogP contribution in [0.4, 0.5) is 0 Å². The Hall–Kier alpha value is -1.68. The van der Waals surface area contributed by atoms with E-state index in [1.54, 1.807) is 31.2 Å². The van der Waals surface area contributed by atoms with Crippen molar-refractivity contribution in [2.45, 2.75) is 13.3 Å². The Morgan fingerprint density at radius 1 is 1.50 bits per heavy atom. The van der Waals surface area contributed by atoms with Crippen molar-refractivity contribution in [3.63, 3.8) is 0 Å². The SMILES string of the molecule is Cc1cc(CC(=O)c2cccc(Cl)n2)on1. The predicted molar refractivity (Wildman–Crippen MR) is 58.5 cm³/mol. The summed E-state index contributed by atoms with van der Waals surface area (Å²) in [4.78, 5) is 15.7. The average Bonchev–Trinajstić information content (AvgIpc) is 2.64. The van der Waals surface area contributed by atoms with E-state index in [1.807, 2.05) is 0 Å². The van der Waals surface area contributed by atoms with Gasteiger partial charge in [0.05, 0.1) is 12.1 Å². The van der Waals surface area contributed by atoms with E-state index in [2.05, 4.69) is 10.1 Å². The third-order valence-corrected chi connectivity index (χ3v) is 2.22. The van der Waals surface area contributed by atoms with E-state index in [9.17, 15) is 4.79 Å². The molecule has 2 heterocycles. The van der Waals surface area contributed by atoms with Crippen LogP contribution in [-0.2, 0) is 6.42 Å². The van der Waals surface area contributed by atoms with Gasteiger partial charge in [-0.25, -0.2) is 4.98 Å². The summed E-state index contributed by atoms with van der Waals surface area (Å²) in [5.74, 6) is 0.392. The molecule has 0 aliphatic rings. The lowest BCUT2D eigenvalue weighted by Crippen LogP contribution is -2.05. The van der Waals surface area contributed by atoms with Crippen molar-refractivity contribution in [3.05, 3.63) is 46.6 Å². The van der Waals surface area contributed by atoms with Crippen LogP contribution in [0.25, 0.3) is 0 Å². The van der Waals surface area contributed by atoms with Gasteiger partial charge in [-0.3, -0.25) is 4.79 Å². The fourth-order valence-electron chi connectivity index (χ4n) is 1.31. The van der Waals surface area contributed by atoms with Crippen molar-refractivity contribution in [2.24, 2.45) is 0 Å². The molecule has 0 aromatic carbocycles. The van der Waals surface area contributed by atoms with Gasteiger partial charge >= 0.3 is 0 Å². The summed E-state index contributed by atoms with van der Waals surface area (Å²) in [5.41, 5.74) is 1.09. The van der Waals surface area contributed by atoms with Crippen molar-refractivity contribution in [2.75, 3.05) is 0 Å². The van der Waals surface area contributed by atoms with Crippen molar-refractivity contribution in [1.29, 1.82) is 0 Å². The molecule has 5 heteroatoms. The van der Waals surface area contributed by atoms with Crippen molar-refractivity contribution < 1.29 is 9.32 Å². The van der Waals surface area contributed by atoms with Gasteiger partial charge in [0.25, 0.3) is 0 Å². The lowest BCUT2D eigenvalue weighted by Gasteiger charge is -1.97. The van der Waals surface area contributed by atoms with Crippen LogP contribution in [-0.4, -0.2) is 15.9 Å². The summed E-state index contributed by atoms with van der Waals surface area (Å²) in [5, 5.41) is 4.01. The number of Topliss-reactive ketones (excluding diaryl/α,β-unsaturated/α-hetero) is 1. The number of hydrogen-bond acceptors (Lipinski definition) is 4. The molecule has 0 aliphatic heterocycles. The van der Waals surface area contributed by atoms with Gasteiger partial charge in [0.2, 0.25) is 0 Å². The molecule has 0 N–H and O–H groups in total. The number of aromatic nitrogens is 2. The molecule has 0 bridgehead atoms. The quantitative estimate of drug-likeness (QED) is 0.607. The predicted octanol–water partition coefficient (Wildman–Crippen LogP) is 2.46.